The molecule has 4 heteroatoms. The Morgan fingerprint density at radius 2 is 2.00 bits per heavy atom. The second-order valence-corrected chi connectivity index (χ2v) is 5.24. The van der Waals surface area contributed by atoms with Gasteiger partial charge in [-0.05, 0) is 38.3 Å². The predicted octanol–water partition coefficient (Wildman–Crippen LogP) is 1.74. The summed E-state index contributed by atoms with van der Waals surface area (Å²) in [5.41, 5.74) is 7.93. The summed E-state index contributed by atoms with van der Waals surface area (Å²) in [5, 5.41) is 0. The standard InChI is InChI=1S/C15H24N2O2/c1-10-7-6-8-13(9-11(2)16)14(10)19-12(3)15(18)17(4)5/h6-8,11-12H,9,16H2,1-5H3. The minimum absolute atomic E-state index is 0.0463. The van der Waals surface area contributed by atoms with E-state index in [1.807, 2.05) is 32.0 Å². The second kappa shape index (κ2) is 6.57. The van der Waals surface area contributed by atoms with E-state index in [-0.39, 0.29) is 11.9 Å². The molecular formula is C15H24N2O2. The minimum atomic E-state index is -0.497. The van der Waals surface area contributed by atoms with Crippen molar-refractivity contribution in [2.24, 2.45) is 5.73 Å². The molecule has 1 aromatic carbocycles. The third-order valence-electron chi connectivity index (χ3n) is 2.92. The van der Waals surface area contributed by atoms with Gasteiger partial charge in [0.25, 0.3) is 5.91 Å². The van der Waals surface area contributed by atoms with E-state index in [1.54, 1.807) is 21.0 Å². The van der Waals surface area contributed by atoms with Gasteiger partial charge in [0.15, 0.2) is 6.10 Å². The molecule has 0 aromatic heterocycles. The molecule has 19 heavy (non-hydrogen) atoms. The number of likely N-dealkylation sites (N-methyl/N-ethyl adjacent to an activating group) is 1. The highest BCUT2D eigenvalue weighted by Crippen LogP contribution is 2.25. The fraction of sp³-hybridized carbons (Fsp3) is 0.533. The number of carbonyl (C=O) groups excluding carboxylic acids is 1. The Hall–Kier alpha value is -1.55. The fourth-order valence-electron chi connectivity index (χ4n) is 1.98. The van der Waals surface area contributed by atoms with Crippen LogP contribution in [-0.2, 0) is 11.2 Å². The van der Waals surface area contributed by atoms with Gasteiger partial charge in [-0.15, -0.1) is 0 Å². The number of benzene rings is 1. The summed E-state index contributed by atoms with van der Waals surface area (Å²) in [6, 6.07) is 6.02. The van der Waals surface area contributed by atoms with E-state index in [1.165, 1.54) is 4.90 Å². The Morgan fingerprint density at radius 1 is 1.37 bits per heavy atom. The van der Waals surface area contributed by atoms with Gasteiger partial charge in [-0.1, -0.05) is 18.2 Å². The number of nitrogens with zero attached hydrogens (tertiary/aromatic N) is 1. The summed E-state index contributed by atoms with van der Waals surface area (Å²) in [6.45, 7) is 5.71. The Balaban J connectivity index is 2.96. The Labute approximate surface area is 115 Å². The number of hydrogen-bond donors (Lipinski definition) is 1. The van der Waals surface area contributed by atoms with Crippen LogP contribution in [0.4, 0.5) is 0 Å². The topological polar surface area (TPSA) is 55.6 Å². The van der Waals surface area contributed by atoms with E-state index >= 15 is 0 Å². The molecule has 0 heterocycles. The van der Waals surface area contributed by atoms with Gasteiger partial charge in [0.05, 0.1) is 0 Å². The molecule has 4 nitrogen and oxygen atoms in total. The summed E-state index contributed by atoms with van der Waals surface area (Å²) in [6.07, 6.45) is 0.239. The Bertz CT molecular complexity index is 442. The van der Waals surface area contributed by atoms with Crippen LogP contribution in [0.3, 0.4) is 0 Å². The van der Waals surface area contributed by atoms with Crippen LogP contribution in [0.5, 0.6) is 5.75 Å². The van der Waals surface area contributed by atoms with Crippen molar-refractivity contribution in [2.45, 2.75) is 39.3 Å². The van der Waals surface area contributed by atoms with Gasteiger partial charge in [-0.3, -0.25) is 4.79 Å². The van der Waals surface area contributed by atoms with Crippen molar-refractivity contribution in [2.75, 3.05) is 14.1 Å². The molecule has 0 saturated carbocycles. The van der Waals surface area contributed by atoms with Crippen molar-refractivity contribution >= 4 is 5.91 Å². The zero-order valence-electron chi connectivity index (χ0n) is 12.4. The van der Waals surface area contributed by atoms with Crippen LogP contribution in [-0.4, -0.2) is 37.0 Å². The molecule has 0 bridgehead atoms. The molecule has 1 amide bonds. The molecular weight excluding hydrogens is 240 g/mol. The van der Waals surface area contributed by atoms with Crippen molar-refractivity contribution in [3.05, 3.63) is 29.3 Å². The quantitative estimate of drug-likeness (QED) is 0.881. The van der Waals surface area contributed by atoms with Crippen LogP contribution in [0.1, 0.15) is 25.0 Å². The lowest BCUT2D eigenvalue weighted by atomic mass is 10.0. The van der Waals surface area contributed by atoms with Gasteiger partial charge >= 0.3 is 0 Å². The van der Waals surface area contributed by atoms with Gasteiger partial charge in [-0.2, -0.15) is 0 Å². The lowest BCUT2D eigenvalue weighted by molar-refractivity contribution is -0.135. The van der Waals surface area contributed by atoms with Gasteiger partial charge in [0.2, 0.25) is 0 Å². The van der Waals surface area contributed by atoms with Crippen molar-refractivity contribution in [3.63, 3.8) is 0 Å². The summed E-state index contributed by atoms with van der Waals surface area (Å²) >= 11 is 0. The third-order valence-corrected chi connectivity index (χ3v) is 2.92. The maximum atomic E-state index is 11.9. The highest BCUT2D eigenvalue weighted by atomic mass is 16.5. The minimum Gasteiger partial charge on any atom is -0.480 e. The van der Waals surface area contributed by atoms with Crippen molar-refractivity contribution in [1.29, 1.82) is 0 Å². The fourth-order valence-corrected chi connectivity index (χ4v) is 1.98. The third kappa shape index (κ3) is 4.24. The Kier molecular flexibility index (Phi) is 5.36. The molecule has 1 aromatic rings. The van der Waals surface area contributed by atoms with E-state index in [0.717, 1.165) is 23.3 Å². The number of para-hydroxylation sites is 1. The molecule has 0 aliphatic heterocycles. The van der Waals surface area contributed by atoms with E-state index in [4.69, 9.17) is 10.5 Å². The molecule has 2 N–H and O–H groups in total. The smallest absolute Gasteiger partial charge is 0.262 e. The van der Waals surface area contributed by atoms with E-state index in [9.17, 15) is 4.79 Å². The zero-order chi connectivity index (χ0) is 14.6. The SMILES string of the molecule is Cc1cccc(CC(C)N)c1OC(C)C(=O)N(C)C. The van der Waals surface area contributed by atoms with E-state index < -0.39 is 6.10 Å². The molecule has 0 aliphatic rings. The predicted molar refractivity (Wildman–Crippen MR) is 77.3 cm³/mol. The molecule has 2 unspecified atom stereocenters. The summed E-state index contributed by atoms with van der Waals surface area (Å²) < 4.78 is 5.85. The molecule has 0 saturated heterocycles. The summed E-state index contributed by atoms with van der Waals surface area (Å²) in [5.74, 6) is 0.734. The molecule has 106 valence electrons. The lowest BCUT2D eigenvalue weighted by Crippen LogP contribution is -2.35. The molecule has 0 aliphatic carbocycles. The average molecular weight is 264 g/mol. The lowest BCUT2D eigenvalue weighted by Gasteiger charge is -2.22. The number of amides is 1. The normalized spacial score (nSPS) is 13.8. The van der Waals surface area contributed by atoms with Gasteiger partial charge in [0, 0.05) is 20.1 Å². The van der Waals surface area contributed by atoms with Crippen molar-refractivity contribution < 1.29 is 9.53 Å². The van der Waals surface area contributed by atoms with Crippen LogP contribution in [0, 0.1) is 6.92 Å². The number of nitrogens with two attached hydrogens (primary N) is 1. The molecule has 2 atom stereocenters. The first-order chi connectivity index (χ1) is 8.82. The number of rotatable bonds is 5. The van der Waals surface area contributed by atoms with Crippen LogP contribution >= 0.6 is 0 Å². The average Bonchev–Trinajstić information content (AvgIpc) is 2.31. The van der Waals surface area contributed by atoms with Crippen molar-refractivity contribution in [1.82, 2.24) is 4.90 Å². The van der Waals surface area contributed by atoms with E-state index in [0.29, 0.717) is 0 Å². The van der Waals surface area contributed by atoms with Gasteiger partial charge < -0.3 is 15.4 Å². The first kappa shape index (κ1) is 15.5. The largest absolute Gasteiger partial charge is 0.480 e. The molecule has 0 fully saturated rings. The number of aryl methyl sites for hydroxylation is 1. The number of ether oxygens (including phenoxy) is 1. The van der Waals surface area contributed by atoms with Gasteiger partial charge in [-0.25, -0.2) is 0 Å². The van der Waals surface area contributed by atoms with Crippen molar-refractivity contribution in [3.8, 4) is 5.75 Å². The maximum absolute atomic E-state index is 11.9. The first-order valence-electron chi connectivity index (χ1n) is 6.54. The molecule has 1 rings (SSSR count). The number of hydrogen-bond acceptors (Lipinski definition) is 3. The number of carbonyl (C=O) groups is 1. The zero-order valence-corrected chi connectivity index (χ0v) is 12.4. The van der Waals surface area contributed by atoms with Crippen LogP contribution in [0.25, 0.3) is 0 Å². The monoisotopic (exact) mass is 264 g/mol. The second-order valence-electron chi connectivity index (χ2n) is 5.24. The van der Waals surface area contributed by atoms with Crippen LogP contribution < -0.4 is 10.5 Å². The highest BCUT2D eigenvalue weighted by molar-refractivity contribution is 5.80. The highest BCUT2D eigenvalue weighted by Gasteiger charge is 2.19. The summed E-state index contributed by atoms with van der Waals surface area (Å²) in [7, 11) is 3.45. The maximum Gasteiger partial charge on any atom is 0.262 e. The molecule has 0 radical (unpaired) electrons. The Morgan fingerprint density at radius 3 is 2.53 bits per heavy atom. The van der Waals surface area contributed by atoms with E-state index in [2.05, 4.69) is 0 Å². The summed E-state index contributed by atoms with van der Waals surface area (Å²) in [4.78, 5) is 13.4. The van der Waals surface area contributed by atoms with Gasteiger partial charge in [0.1, 0.15) is 5.75 Å². The van der Waals surface area contributed by atoms with Crippen LogP contribution in [0.2, 0.25) is 0 Å². The molecule has 0 spiro atoms. The first-order valence-corrected chi connectivity index (χ1v) is 6.54. The van der Waals surface area contributed by atoms with Crippen LogP contribution in [0.15, 0.2) is 18.2 Å².